The van der Waals surface area contributed by atoms with Crippen LogP contribution in [-0.2, 0) is 6.54 Å². The molecule has 2 aromatic carbocycles. The molecule has 2 heterocycles. The van der Waals surface area contributed by atoms with Crippen molar-refractivity contribution in [2.75, 3.05) is 24.7 Å². The topological polar surface area (TPSA) is 25.6 Å². The second-order valence-electron chi connectivity index (χ2n) is 8.73. The van der Waals surface area contributed by atoms with Crippen LogP contribution < -0.4 is 18.9 Å². The molecular formula is C31H37N2O2+. The highest BCUT2D eigenvalue weighted by atomic mass is 16.5. The van der Waals surface area contributed by atoms with Crippen molar-refractivity contribution < 1.29 is 14.0 Å². The van der Waals surface area contributed by atoms with E-state index in [2.05, 4.69) is 104 Å². The average Bonchev–Trinajstić information content (AvgIpc) is 2.85. The number of ether oxygens (including phenoxy) is 2. The molecule has 182 valence electrons. The number of pyridine rings is 1. The van der Waals surface area contributed by atoms with Crippen molar-refractivity contribution >= 4 is 28.2 Å². The maximum atomic E-state index is 5.80. The van der Waals surface area contributed by atoms with E-state index in [4.69, 9.17) is 9.47 Å². The molecule has 0 aliphatic carbocycles. The Labute approximate surface area is 209 Å². The fraction of sp³-hybridized carbons (Fsp3) is 0.323. The number of aromatic nitrogens is 1. The first-order valence-electron chi connectivity index (χ1n) is 12.7. The number of aryl methyl sites for hydroxylation is 2. The van der Waals surface area contributed by atoms with Crippen LogP contribution in [0.4, 0.5) is 5.69 Å². The predicted octanol–water partition coefficient (Wildman–Crippen LogP) is 7.09. The predicted molar refractivity (Wildman–Crippen MR) is 147 cm³/mol. The summed E-state index contributed by atoms with van der Waals surface area (Å²) in [5.74, 6) is 1.83. The summed E-state index contributed by atoms with van der Waals surface area (Å²) in [6, 6.07) is 15.0. The molecule has 0 bridgehead atoms. The van der Waals surface area contributed by atoms with E-state index in [0.29, 0.717) is 13.2 Å². The van der Waals surface area contributed by atoms with Gasteiger partial charge in [-0.15, -0.1) is 0 Å². The van der Waals surface area contributed by atoms with E-state index in [1.807, 2.05) is 13.8 Å². The SMILES string of the molecule is CCOc1ccc2c(c1)/C(=C\C=C\c1cc(C)c3cc(OCC)ccc3[n+]1CC)C=C(C)N2CC. The number of benzene rings is 2. The van der Waals surface area contributed by atoms with Crippen molar-refractivity contribution in [3.63, 3.8) is 0 Å². The Morgan fingerprint density at radius 3 is 2.29 bits per heavy atom. The van der Waals surface area contributed by atoms with Crippen molar-refractivity contribution in [3.05, 3.63) is 83.2 Å². The number of hydrogen-bond acceptors (Lipinski definition) is 3. The van der Waals surface area contributed by atoms with Gasteiger partial charge in [-0.25, -0.2) is 0 Å². The Bertz CT molecular complexity index is 1320. The Hall–Kier alpha value is -3.53. The molecule has 1 aliphatic rings. The maximum Gasteiger partial charge on any atom is 0.213 e. The van der Waals surface area contributed by atoms with Crippen molar-refractivity contribution in [2.45, 2.75) is 48.1 Å². The minimum atomic E-state index is 0.661. The lowest BCUT2D eigenvalue weighted by Gasteiger charge is -2.31. The van der Waals surface area contributed by atoms with Crippen molar-refractivity contribution in [1.29, 1.82) is 0 Å². The normalized spacial score (nSPS) is 14.5. The van der Waals surface area contributed by atoms with Gasteiger partial charge in [-0.05, 0) is 89.1 Å². The van der Waals surface area contributed by atoms with Crippen LogP contribution in [0.3, 0.4) is 0 Å². The molecule has 0 spiro atoms. The molecule has 3 aromatic rings. The van der Waals surface area contributed by atoms with Gasteiger partial charge in [0.2, 0.25) is 11.2 Å². The molecule has 4 nitrogen and oxygen atoms in total. The fourth-order valence-electron chi connectivity index (χ4n) is 4.95. The van der Waals surface area contributed by atoms with Crippen molar-refractivity contribution in [1.82, 2.24) is 0 Å². The molecule has 35 heavy (non-hydrogen) atoms. The Balaban J connectivity index is 1.75. The molecule has 0 radical (unpaired) electrons. The third-order valence-corrected chi connectivity index (χ3v) is 6.52. The Morgan fingerprint density at radius 1 is 0.886 bits per heavy atom. The average molecular weight is 470 g/mol. The zero-order chi connectivity index (χ0) is 24.9. The Morgan fingerprint density at radius 2 is 1.60 bits per heavy atom. The number of allylic oxidation sites excluding steroid dienone is 5. The van der Waals surface area contributed by atoms with E-state index in [9.17, 15) is 0 Å². The van der Waals surface area contributed by atoms with E-state index < -0.39 is 0 Å². The summed E-state index contributed by atoms with van der Waals surface area (Å²) < 4.78 is 13.9. The third kappa shape index (κ3) is 4.97. The van der Waals surface area contributed by atoms with Gasteiger partial charge in [0.25, 0.3) is 0 Å². The first kappa shape index (κ1) is 24.6. The summed E-state index contributed by atoms with van der Waals surface area (Å²) in [6.45, 7) is 15.9. The van der Waals surface area contributed by atoms with Gasteiger partial charge in [-0.1, -0.05) is 12.2 Å². The van der Waals surface area contributed by atoms with Gasteiger partial charge in [0, 0.05) is 41.7 Å². The first-order chi connectivity index (χ1) is 17.0. The minimum absolute atomic E-state index is 0.661. The molecule has 1 aromatic heterocycles. The van der Waals surface area contributed by atoms with Gasteiger partial charge >= 0.3 is 0 Å². The smallest absolute Gasteiger partial charge is 0.213 e. The Kier molecular flexibility index (Phi) is 7.60. The molecule has 0 saturated carbocycles. The van der Waals surface area contributed by atoms with Crippen LogP contribution in [0.15, 0.2) is 66.4 Å². The molecule has 0 N–H and O–H groups in total. The second kappa shape index (κ2) is 10.8. The monoisotopic (exact) mass is 469 g/mol. The highest BCUT2D eigenvalue weighted by molar-refractivity contribution is 5.89. The van der Waals surface area contributed by atoms with E-state index in [0.717, 1.165) is 24.6 Å². The highest BCUT2D eigenvalue weighted by Crippen LogP contribution is 2.38. The van der Waals surface area contributed by atoms with Crippen LogP contribution in [0.1, 0.15) is 51.4 Å². The van der Waals surface area contributed by atoms with Gasteiger partial charge in [-0.2, -0.15) is 4.57 Å². The first-order valence-corrected chi connectivity index (χ1v) is 12.7. The highest BCUT2D eigenvalue weighted by Gasteiger charge is 2.20. The van der Waals surface area contributed by atoms with Gasteiger partial charge in [0.15, 0.2) is 0 Å². The van der Waals surface area contributed by atoms with E-state index in [1.165, 1.54) is 44.7 Å². The van der Waals surface area contributed by atoms with Crippen LogP contribution in [-0.4, -0.2) is 19.8 Å². The van der Waals surface area contributed by atoms with Crippen LogP contribution in [0.25, 0.3) is 22.6 Å². The van der Waals surface area contributed by atoms with Crippen LogP contribution in [0.2, 0.25) is 0 Å². The summed E-state index contributed by atoms with van der Waals surface area (Å²) in [7, 11) is 0. The number of nitrogens with zero attached hydrogens (tertiary/aromatic N) is 2. The summed E-state index contributed by atoms with van der Waals surface area (Å²) in [6.07, 6.45) is 8.85. The lowest BCUT2D eigenvalue weighted by molar-refractivity contribution is -0.669. The van der Waals surface area contributed by atoms with Gasteiger partial charge in [0.1, 0.15) is 18.0 Å². The number of hydrogen-bond donors (Lipinski definition) is 0. The molecule has 0 saturated heterocycles. The molecule has 0 unspecified atom stereocenters. The number of anilines is 1. The third-order valence-electron chi connectivity index (χ3n) is 6.52. The summed E-state index contributed by atoms with van der Waals surface area (Å²) >= 11 is 0. The summed E-state index contributed by atoms with van der Waals surface area (Å²) in [4.78, 5) is 2.35. The molecular weight excluding hydrogens is 432 g/mol. The van der Waals surface area contributed by atoms with Gasteiger partial charge in [-0.3, -0.25) is 0 Å². The zero-order valence-electron chi connectivity index (χ0n) is 21.9. The van der Waals surface area contributed by atoms with E-state index >= 15 is 0 Å². The van der Waals surface area contributed by atoms with E-state index in [1.54, 1.807) is 0 Å². The molecule has 1 aliphatic heterocycles. The standard InChI is InChI=1S/C31H37N2O2/c1-7-32-23(6)19-24(29-21-27(35-10-4)15-17-31(29)32)12-11-13-25-18-22(5)28-20-26(34-9-3)14-16-30(28)33(25)8-2/h11-21H,7-10H2,1-6H3/q+1. The summed E-state index contributed by atoms with van der Waals surface area (Å²) in [5, 5.41) is 1.23. The van der Waals surface area contributed by atoms with Gasteiger partial charge < -0.3 is 14.4 Å². The molecule has 4 heteroatoms. The second-order valence-corrected chi connectivity index (χ2v) is 8.73. The summed E-state index contributed by atoms with van der Waals surface area (Å²) in [5.41, 5.74) is 8.54. The van der Waals surface area contributed by atoms with E-state index in [-0.39, 0.29) is 0 Å². The minimum Gasteiger partial charge on any atom is -0.494 e. The van der Waals surface area contributed by atoms with Gasteiger partial charge in [0.05, 0.1) is 18.6 Å². The van der Waals surface area contributed by atoms with Crippen LogP contribution in [0, 0.1) is 6.92 Å². The molecule has 4 rings (SSSR count). The number of fused-ring (bicyclic) bond motifs is 2. The zero-order valence-corrected chi connectivity index (χ0v) is 21.9. The van der Waals surface area contributed by atoms with Crippen molar-refractivity contribution in [2.24, 2.45) is 0 Å². The quantitative estimate of drug-likeness (QED) is 0.329. The maximum absolute atomic E-state index is 5.80. The lowest BCUT2D eigenvalue weighted by atomic mass is 9.96. The largest absolute Gasteiger partial charge is 0.494 e. The number of rotatable bonds is 8. The molecule has 0 amide bonds. The lowest BCUT2D eigenvalue weighted by Crippen LogP contribution is -2.37. The van der Waals surface area contributed by atoms with Crippen molar-refractivity contribution in [3.8, 4) is 11.5 Å². The molecule has 0 atom stereocenters. The van der Waals surface area contributed by atoms with Crippen LogP contribution >= 0.6 is 0 Å². The van der Waals surface area contributed by atoms with Crippen LogP contribution in [0.5, 0.6) is 11.5 Å². The fourth-order valence-corrected chi connectivity index (χ4v) is 4.95. The molecule has 0 fully saturated rings.